The number of esters is 1. The third kappa shape index (κ3) is 5.47. The van der Waals surface area contributed by atoms with Crippen molar-refractivity contribution in [2.45, 2.75) is 19.4 Å². The molecule has 1 aromatic heterocycles. The summed E-state index contributed by atoms with van der Waals surface area (Å²) in [6.45, 7) is 1.26. The number of nitrogens with one attached hydrogen (secondary N) is 1. The SMILES string of the molecule is C[C@H](OC(=O)CNC(=O)Cc1ccccc1)c1nnc(-c2ccc([N+](=O)[O-])cc2)o1. The van der Waals surface area contributed by atoms with Gasteiger partial charge in [0, 0.05) is 17.7 Å². The van der Waals surface area contributed by atoms with Crippen LogP contribution in [0.25, 0.3) is 11.5 Å². The molecule has 0 saturated heterocycles. The van der Waals surface area contributed by atoms with E-state index in [0.29, 0.717) is 5.56 Å². The van der Waals surface area contributed by atoms with Crippen LogP contribution >= 0.6 is 0 Å². The smallest absolute Gasteiger partial charge is 0.326 e. The quantitative estimate of drug-likeness (QED) is 0.340. The number of carbonyl (C=O) groups is 2. The number of aromatic nitrogens is 2. The van der Waals surface area contributed by atoms with Crippen LogP contribution in [-0.2, 0) is 20.7 Å². The number of ether oxygens (including phenoxy) is 1. The van der Waals surface area contributed by atoms with Crippen molar-refractivity contribution in [2.24, 2.45) is 0 Å². The molecule has 30 heavy (non-hydrogen) atoms. The molecular weight excluding hydrogens is 392 g/mol. The second-order valence-electron chi connectivity index (χ2n) is 6.32. The molecule has 3 rings (SSSR count). The molecule has 1 N–H and O–H groups in total. The van der Waals surface area contributed by atoms with Crippen LogP contribution in [0.2, 0.25) is 0 Å². The van der Waals surface area contributed by atoms with Gasteiger partial charge in [0.15, 0.2) is 6.10 Å². The summed E-state index contributed by atoms with van der Waals surface area (Å²) in [6.07, 6.45) is -0.672. The Balaban J connectivity index is 1.50. The first-order valence-electron chi connectivity index (χ1n) is 9.00. The van der Waals surface area contributed by atoms with E-state index in [1.165, 1.54) is 24.3 Å². The lowest BCUT2D eigenvalue weighted by Gasteiger charge is -2.10. The first-order valence-corrected chi connectivity index (χ1v) is 9.00. The highest BCUT2D eigenvalue weighted by Gasteiger charge is 2.20. The van der Waals surface area contributed by atoms with Crippen LogP contribution in [0.4, 0.5) is 5.69 Å². The van der Waals surface area contributed by atoms with Gasteiger partial charge >= 0.3 is 5.97 Å². The number of hydrogen-bond donors (Lipinski definition) is 1. The van der Waals surface area contributed by atoms with Crippen molar-refractivity contribution in [1.29, 1.82) is 0 Å². The maximum absolute atomic E-state index is 12.0. The van der Waals surface area contributed by atoms with Crippen molar-refractivity contribution >= 4 is 17.6 Å². The number of non-ortho nitro benzene ring substituents is 1. The van der Waals surface area contributed by atoms with E-state index in [1.54, 1.807) is 6.92 Å². The fraction of sp³-hybridized carbons (Fsp3) is 0.200. The molecule has 1 heterocycles. The van der Waals surface area contributed by atoms with E-state index in [0.717, 1.165) is 5.56 Å². The van der Waals surface area contributed by atoms with Crippen LogP contribution < -0.4 is 5.32 Å². The van der Waals surface area contributed by atoms with E-state index in [-0.39, 0.29) is 36.3 Å². The Morgan fingerprint density at radius 1 is 1.13 bits per heavy atom. The molecule has 1 amide bonds. The van der Waals surface area contributed by atoms with E-state index in [9.17, 15) is 19.7 Å². The fourth-order valence-electron chi connectivity index (χ4n) is 2.54. The molecule has 0 bridgehead atoms. The molecule has 0 spiro atoms. The van der Waals surface area contributed by atoms with Crippen LogP contribution in [0.15, 0.2) is 59.0 Å². The van der Waals surface area contributed by atoms with Gasteiger partial charge in [-0.15, -0.1) is 10.2 Å². The highest BCUT2D eigenvalue weighted by atomic mass is 16.6. The third-order valence-electron chi connectivity index (χ3n) is 4.06. The Bertz CT molecular complexity index is 1030. The molecular formula is C20H18N4O6. The zero-order valence-electron chi connectivity index (χ0n) is 16.0. The molecule has 1 atom stereocenters. The second kappa shape index (κ2) is 9.41. The molecule has 154 valence electrons. The normalized spacial score (nSPS) is 11.5. The molecule has 3 aromatic rings. The molecule has 0 unspecified atom stereocenters. The van der Waals surface area contributed by atoms with Gasteiger partial charge in [-0.3, -0.25) is 19.7 Å². The van der Waals surface area contributed by atoms with E-state index in [4.69, 9.17) is 9.15 Å². The van der Waals surface area contributed by atoms with Gasteiger partial charge in [0.1, 0.15) is 6.54 Å². The van der Waals surface area contributed by atoms with Crippen molar-refractivity contribution in [3.63, 3.8) is 0 Å². The number of nitro groups is 1. The lowest BCUT2D eigenvalue weighted by atomic mass is 10.1. The molecule has 0 aliphatic carbocycles. The number of amides is 1. The predicted molar refractivity (Wildman–Crippen MR) is 104 cm³/mol. The second-order valence-corrected chi connectivity index (χ2v) is 6.32. The Morgan fingerprint density at radius 2 is 1.83 bits per heavy atom. The van der Waals surface area contributed by atoms with Gasteiger partial charge in [-0.25, -0.2) is 0 Å². The monoisotopic (exact) mass is 410 g/mol. The number of carbonyl (C=O) groups excluding carboxylic acids is 2. The molecule has 10 nitrogen and oxygen atoms in total. The minimum absolute atomic E-state index is 0.0601. The summed E-state index contributed by atoms with van der Waals surface area (Å²) in [7, 11) is 0. The summed E-state index contributed by atoms with van der Waals surface area (Å²) in [4.78, 5) is 34.1. The van der Waals surface area contributed by atoms with Gasteiger partial charge < -0.3 is 14.5 Å². The van der Waals surface area contributed by atoms with E-state index in [1.807, 2.05) is 30.3 Å². The van der Waals surface area contributed by atoms with Gasteiger partial charge in [0.05, 0.1) is 11.3 Å². The molecule has 0 radical (unpaired) electrons. The topological polar surface area (TPSA) is 137 Å². The van der Waals surface area contributed by atoms with Crippen LogP contribution in [0.1, 0.15) is 24.5 Å². The van der Waals surface area contributed by atoms with Crippen molar-refractivity contribution in [2.75, 3.05) is 6.54 Å². The standard InChI is InChI=1S/C20H18N4O6/c1-13(29-18(26)12-21-17(25)11-14-5-3-2-4-6-14)19-22-23-20(30-19)15-7-9-16(10-8-15)24(27)28/h2-10,13H,11-12H2,1H3,(H,21,25)/t13-/m0/s1. The Morgan fingerprint density at radius 3 is 2.50 bits per heavy atom. The van der Waals surface area contributed by atoms with Gasteiger partial charge in [0.25, 0.3) is 11.6 Å². The maximum Gasteiger partial charge on any atom is 0.326 e. The Hall–Kier alpha value is -4.08. The zero-order valence-corrected chi connectivity index (χ0v) is 16.0. The van der Waals surface area contributed by atoms with Crippen molar-refractivity contribution in [3.05, 3.63) is 76.2 Å². The van der Waals surface area contributed by atoms with Gasteiger partial charge in [-0.1, -0.05) is 30.3 Å². The summed E-state index contributed by atoms with van der Waals surface area (Å²) >= 11 is 0. The summed E-state index contributed by atoms with van der Waals surface area (Å²) in [5.41, 5.74) is 1.27. The van der Waals surface area contributed by atoms with Crippen LogP contribution in [0.3, 0.4) is 0 Å². The number of hydrogen-bond acceptors (Lipinski definition) is 8. The summed E-state index contributed by atoms with van der Waals surface area (Å²) < 4.78 is 10.7. The lowest BCUT2D eigenvalue weighted by Crippen LogP contribution is -2.32. The number of benzene rings is 2. The summed E-state index contributed by atoms with van der Waals surface area (Å²) in [5, 5.41) is 20.9. The van der Waals surface area contributed by atoms with Crippen molar-refractivity contribution in [1.82, 2.24) is 15.5 Å². The first-order chi connectivity index (χ1) is 14.4. The average molecular weight is 410 g/mol. The molecule has 0 aliphatic heterocycles. The lowest BCUT2D eigenvalue weighted by molar-refractivity contribution is -0.384. The molecule has 0 saturated carbocycles. The zero-order chi connectivity index (χ0) is 21.5. The molecule has 10 heteroatoms. The first kappa shape index (κ1) is 20.6. The van der Waals surface area contributed by atoms with Crippen LogP contribution in [0.5, 0.6) is 0 Å². The third-order valence-corrected chi connectivity index (χ3v) is 4.06. The number of rotatable bonds is 8. The van der Waals surface area contributed by atoms with Crippen molar-refractivity contribution < 1.29 is 23.7 Å². The average Bonchev–Trinajstić information content (AvgIpc) is 3.23. The van der Waals surface area contributed by atoms with Crippen LogP contribution in [0, 0.1) is 10.1 Å². The number of nitro benzene ring substituents is 1. The minimum Gasteiger partial charge on any atom is -0.451 e. The van der Waals surface area contributed by atoms with Crippen LogP contribution in [-0.4, -0.2) is 33.5 Å². The minimum atomic E-state index is -0.831. The predicted octanol–water partition coefficient (Wildman–Crippen LogP) is 2.61. The molecule has 0 aliphatic rings. The summed E-state index contributed by atoms with van der Waals surface area (Å²) in [5.74, 6) is -0.755. The number of nitrogens with zero attached hydrogens (tertiary/aromatic N) is 3. The van der Waals surface area contributed by atoms with E-state index in [2.05, 4.69) is 15.5 Å². The van der Waals surface area contributed by atoms with Gasteiger partial charge in [-0.2, -0.15) is 0 Å². The maximum atomic E-state index is 12.0. The van der Waals surface area contributed by atoms with E-state index < -0.39 is 17.0 Å². The summed E-state index contributed by atoms with van der Waals surface area (Å²) in [6, 6.07) is 14.7. The molecule has 0 fully saturated rings. The largest absolute Gasteiger partial charge is 0.451 e. The highest BCUT2D eigenvalue weighted by Crippen LogP contribution is 2.24. The Labute approximate surface area is 171 Å². The Kier molecular flexibility index (Phi) is 6.48. The fourth-order valence-corrected chi connectivity index (χ4v) is 2.54. The van der Waals surface area contributed by atoms with Crippen molar-refractivity contribution in [3.8, 4) is 11.5 Å². The highest BCUT2D eigenvalue weighted by molar-refractivity contribution is 5.83. The van der Waals surface area contributed by atoms with E-state index >= 15 is 0 Å². The van der Waals surface area contributed by atoms with Gasteiger partial charge in [-0.05, 0) is 24.6 Å². The molecule has 2 aromatic carbocycles. The van der Waals surface area contributed by atoms with Gasteiger partial charge in [0.2, 0.25) is 11.8 Å².